The largest absolute Gasteiger partial charge is 0.310 e. The Morgan fingerprint density at radius 3 is 2.79 bits per heavy atom. The third-order valence-corrected chi connectivity index (χ3v) is 4.12. The maximum Gasteiger partial charge on any atom is 0.0209 e. The standard InChI is InChI=1S/C11H22N2S/c1-9(8-14-2)13-6-5-11(7-13)12-10-3-4-10/h9-12H,3-8H2,1-2H3. The first kappa shape index (κ1) is 10.8. The minimum absolute atomic E-state index is 0.760. The van der Waals surface area contributed by atoms with Crippen molar-refractivity contribution in [3.05, 3.63) is 0 Å². The molecule has 1 saturated heterocycles. The Kier molecular flexibility index (Phi) is 3.74. The van der Waals surface area contributed by atoms with E-state index >= 15 is 0 Å². The van der Waals surface area contributed by atoms with Crippen molar-refractivity contribution in [2.75, 3.05) is 25.1 Å². The van der Waals surface area contributed by atoms with Gasteiger partial charge in [0.25, 0.3) is 0 Å². The molecule has 2 nitrogen and oxygen atoms in total. The lowest BCUT2D eigenvalue weighted by Crippen LogP contribution is -2.38. The fourth-order valence-corrected chi connectivity index (χ4v) is 2.95. The molecule has 0 aromatic rings. The number of hydrogen-bond acceptors (Lipinski definition) is 3. The molecule has 0 amide bonds. The maximum absolute atomic E-state index is 3.73. The van der Waals surface area contributed by atoms with Crippen LogP contribution in [0.3, 0.4) is 0 Å². The summed E-state index contributed by atoms with van der Waals surface area (Å²) >= 11 is 1.96. The van der Waals surface area contributed by atoms with Gasteiger partial charge in [0.1, 0.15) is 0 Å². The van der Waals surface area contributed by atoms with Crippen LogP contribution in [0.15, 0.2) is 0 Å². The van der Waals surface area contributed by atoms with E-state index in [9.17, 15) is 0 Å². The van der Waals surface area contributed by atoms with Crippen molar-refractivity contribution in [2.45, 2.75) is 44.3 Å². The van der Waals surface area contributed by atoms with Crippen molar-refractivity contribution in [1.82, 2.24) is 10.2 Å². The van der Waals surface area contributed by atoms with Gasteiger partial charge in [-0.15, -0.1) is 0 Å². The van der Waals surface area contributed by atoms with E-state index in [0.29, 0.717) is 0 Å². The van der Waals surface area contributed by atoms with E-state index in [1.807, 2.05) is 11.8 Å². The second-order valence-corrected chi connectivity index (χ2v) is 5.64. The van der Waals surface area contributed by atoms with Gasteiger partial charge in [0.15, 0.2) is 0 Å². The van der Waals surface area contributed by atoms with Crippen molar-refractivity contribution in [3.63, 3.8) is 0 Å². The summed E-state index contributed by atoms with van der Waals surface area (Å²) in [5, 5.41) is 3.73. The highest BCUT2D eigenvalue weighted by atomic mass is 32.2. The van der Waals surface area contributed by atoms with Crippen LogP contribution in [-0.4, -0.2) is 48.1 Å². The van der Waals surface area contributed by atoms with Crippen LogP contribution in [0.1, 0.15) is 26.2 Å². The summed E-state index contributed by atoms with van der Waals surface area (Å²) in [4.78, 5) is 2.64. The highest BCUT2D eigenvalue weighted by Gasteiger charge is 2.30. The Bertz CT molecular complexity index is 182. The summed E-state index contributed by atoms with van der Waals surface area (Å²) in [6.07, 6.45) is 6.38. The Morgan fingerprint density at radius 1 is 1.36 bits per heavy atom. The first-order chi connectivity index (χ1) is 6.79. The second kappa shape index (κ2) is 4.86. The molecule has 1 saturated carbocycles. The number of hydrogen-bond donors (Lipinski definition) is 1. The first-order valence-electron chi connectivity index (χ1n) is 5.78. The molecule has 2 rings (SSSR count). The summed E-state index contributed by atoms with van der Waals surface area (Å²) in [7, 11) is 0. The van der Waals surface area contributed by atoms with Crippen LogP contribution in [0.4, 0.5) is 0 Å². The molecule has 0 radical (unpaired) electrons. The molecule has 3 heteroatoms. The summed E-state index contributed by atoms with van der Waals surface area (Å²) in [5.74, 6) is 1.27. The van der Waals surface area contributed by atoms with Crippen LogP contribution in [0.25, 0.3) is 0 Å². The van der Waals surface area contributed by atoms with Gasteiger partial charge in [-0.3, -0.25) is 4.90 Å². The van der Waals surface area contributed by atoms with Gasteiger partial charge >= 0.3 is 0 Å². The van der Waals surface area contributed by atoms with Crippen LogP contribution in [-0.2, 0) is 0 Å². The zero-order chi connectivity index (χ0) is 9.97. The minimum Gasteiger partial charge on any atom is -0.310 e. The van der Waals surface area contributed by atoms with Crippen LogP contribution < -0.4 is 5.32 Å². The molecule has 1 aliphatic heterocycles. The quantitative estimate of drug-likeness (QED) is 0.748. The number of thioether (sulfide) groups is 1. The smallest absolute Gasteiger partial charge is 0.0209 e. The molecule has 82 valence electrons. The predicted octanol–water partition coefficient (Wildman–Crippen LogP) is 1.56. The molecule has 1 aliphatic carbocycles. The topological polar surface area (TPSA) is 15.3 Å². The number of nitrogens with zero attached hydrogens (tertiary/aromatic N) is 1. The second-order valence-electron chi connectivity index (χ2n) is 4.73. The first-order valence-corrected chi connectivity index (χ1v) is 7.18. The van der Waals surface area contributed by atoms with Crippen LogP contribution in [0.2, 0.25) is 0 Å². The van der Waals surface area contributed by atoms with E-state index in [2.05, 4.69) is 23.4 Å². The number of likely N-dealkylation sites (tertiary alicyclic amines) is 1. The van der Waals surface area contributed by atoms with E-state index in [1.54, 1.807) is 0 Å². The van der Waals surface area contributed by atoms with Gasteiger partial charge in [-0.05, 0) is 32.4 Å². The molecule has 1 N–H and O–H groups in total. The molecule has 2 unspecified atom stereocenters. The zero-order valence-electron chi connectivity index (χ0n) is 9.33. The lowest BCUT2D eigenvalue weighted by Gasteiger charge is -2.23. The minimum atomic E-state index is 0.760. The molecule has 0 spiro atoms. The third-order valence-electron chi connectivity index (χ3n) is 3.30. The van der Waals surface area contributed by atoms with Gasteiger partial charge in [0.05, 0.1) is 0 Å². The molecular weight excluding hydrogens is 192 g/mol. The van der Waals surface area contributed by atoms with Gasteiger partial charge in [-0.2, -0.15) is 11.8 Å². The summed E-state index contributed by atoms with van der Waals surface area (Å²) in [6.45, 7) is 4.93. The third kappa shape index (κ3) is 2.88. The number of rotatable bonds is 5. The van der Waals surface area contributed by atoms with Crippen molar-refractivity contribution in [1.29, 1.82) is 0 Å². The molecule has 2 fully saturated rings. The van der Waals surface area contributed by atoms with Gasteiger partial charge in [0, 0.05) is 37.0 Å². The molecule has 0 aromatic heterocycles. The monoisotopic (exact) mass is 214 g/mol. The molecular formula is C11H22N2S. The average molecular weight is 214 g/mol. The zero-order valence-corrected chi connectivity index (χ0v) is 10.1. The molecule has 14 heavy (non-hydrogen) atoms. The van der Waals surface area contributed by atoms with Gasteiger partial charge in [-0.25, -0.2) is 0 Å². The van der Waals surface area contributed by atoms with Crippen molar-refractivity contribution in [3.8, 4) is 0 Å². The van der Waals surface area contributed by atoms with Crippen molar-refractivity contribution >= 4 is 11.8 Å². The van der Waals surface area contributed by atoms with Gasteiger partial charge in [0.2, 0.25) is 0 Å². The molecule has 0 aromatic carbocycles. The summed E-state index contributed by atoms with van der Waals surface area (Å²) in [6, 6.07) is 2.42. The van der Waals surface area contributed by atoms with E-state index in [1.165, 1.54) is 38.1 Å². The highest BCUT2D eigenvalue weighted by molar-refractivity contribution is 7.98. The fourth-order valence-electron chi connectivity index (χ4n) is 2.25. The van der Waals surface area contributed by atoms with E-state index < -0.39 is 0 Å². The molecule has 1 heterocycles. The van der Waals surface area contributed by atoms with Crippen LogP contribution in [0, 0.1) is 0 Å². The lowest BCUT2D eigenvalue weighted by atomic mass is 10.2. The number of nitrogens with one attached hydrogen (secondary N) is 1. The van der Waals surface area contributed by atoms with Crippen LogP contribution in [0.5, 0.6) is 0 Å². The summed E-state index contributed by atoms with van der Waals surface area (Å²) < 4.78 is 0. The Labute approximate surface area is 91.8 Å². The van der Waals surface area contributed by atoms with E-state index in [0.717, 1.165) is 18.1 Å². The Hall–Kier alpha value is 0.270. The van der Waals surface area contributed by atoms with Crippen LogP contribution >= 0.6 is 11.8 Å². The van der Waals surface area contributed by atoms with Gasteiger partial charge in [-0.1, -0.05) is 0 Å². The normalized spacial score (nSPS) is 30.9. The van der Waals surface area contributed by atoms with Crippen molar-refractivity contribution < 1.29 is 0 Å². The average Bonchev–Trinajstić information content (AvgIpc) is 2.82. The maximum atomic E-state index is 3.73. The highest BCUT2D eigenvalue weighted by Crippen LogP contribution is 2.22. The van der Waals surface area contributed by atoms with E-state index in [4.69, 9.17) is 0 Å². The fraction of sp³-hybridized carbons (Fsp3) is 1.00. The Morgan fingerprint density at radius 2 is 2.14 bits per heavy atom. The molecule has 0 bridgehead atoms. The van der Waals surface area contributed by atoms with Crippen molar-refractivity contribution in [2.24, 2.45) is 0 Å². The lowest BCUT2D eigenvalue weighted by molar-refractivity contribution is 0.272. The Balaban J connectivity index is 1.69. The molecule has 2 aliphatic rings. The van der Waals surface area contributed by atoms with Gasteiger partial charge < -0.3 is 5.32 Å². The van der Waals surface area contributed by atoms with E-state index in [-0.39, 0.29) is 0 Å². The molecule has 2 atom stereocenters. The predicted molar refractivity (Wildman–Crippen MR) is 64.0 cm³/mol. The SMILES string of the molecule is CSCC(C)N1CCC(NC2CC2)C1. The summed E-state index contributed by atoms with van der Waals surface area (Å²) in [5.41, 5.74) is 0.